The lowest BCUT2D eigenvalue weighted by molar-refractivity contribution is 0.102. The van der Waals surface area contributed by atoms with Crippen LogP contribution in [0.3, 0.4) is 0 Å². The molecule has 162 valence electrons. The summed E-state index contributed by atoms with van der Waals surface area (Å²) in [6.07, 6.45) is 0. The number of ether oxygens (including phenoxy) is 2. The molecule has 0 bridgehead atoms. The lowest BCUT2D eigenvalue weighted by Gasteiger charge is -2.08. The first-order chi connectivity index (χ1) is 15.6. The maximum absolute atomic E-state index is 12.6. The van der Waals surface area contributed by atoms with Crippen molar-refractivity contribution in [1.29, 1.82) is 0 Å². The van der Waals surface area contributed by atoms with Gasteiger partial charge in [-0.1, -0.05) is 47.7 Å². The summed E-state index contributed by atoms with van der Waals surface area (Å²) >= 11 is 0. The molecule has 0 saturated heterocycles. The average Bonchev–Trinajstić information content (AvgIpc) is 3.20. The minimum Gasteiger partial charge on any atom is -0.497 e. The molecule has 0 aliphatic rings. The Bertz CT molecular complexity index is 1170. The second-order valence-corrected chi connectivity index (χ2v) is 7.08. The van der Waals surface area contributed by atoms with Gasteiger partial charge in [0, 0.05) is 5.69 Å². The Labute approximate surface area is 185 Å². The number of anilines is 2. The van der Waals surface area contributed by atoms with E-state index >= 15 is 0 Å². The average molecular weight is 429 g/mol. The minimum absolute atomic E-state index is 0.0721. The second kappa shape index (κ2) is 9.65. The van der Waals surface area contributed by atoms with Crippen LogP contribution in [-0.4, -0.2) is 28.0 Å². The van der Waals surface area contributed by atoms with Crippen LogP contribution in [0.25, 0.3) is 0 Å². The zero-order chi connectivity index (χ0) is 22.3. The van der Waals surface area contributed by atoms with Crippen LogP contribution >= 0.6 is 0 Å². The van der Waals surface area contributed by atoms with Gasteiger partial charge in [-0.3, -0.25) is 4.79 Å². The van der Waals surface area contributed by atoms with E-state index in [1.54, 1.807) is 31.4 Å². The summed E-state index contributed by atoms with van der Waals surface area (Å²) in [5, 5.41) is 10.7. The first-order valence-corrected chi connectivity index (χ1v) is 10.0. The van der Waals surface area contributed by atoms with Crippen LogP contribution < -0.4 is 20.5 Å². The zero-order valence-corrected chi connectivity index (χ0v) is 17.6. The van der Waals surface area contributed by atoms with E-state index in [0.717, 1.165) is 16.9 Å². The van der Waals surface area contributed by atoms with Gasteiger partial charge in [-0.25, -0.2) is 4.68 Å². The fourth-order valence-electron chi connectivity index (χ4n) is 3.07. The molecule has 0 atom stereocenters. The monoisotopic (exact) mass is 429 g/mol. The van der Waals surface area contributed by atoms with Crippen LogP contribution in [0, 0.1) is 0 Å². The molecule has 0 aliphatic carbocycles. The first kappa shape index (κ1) is 20.9. The van der Waals surface area contributed by atoms with Crippen LogP contribution in [0.5, 0.6) is 11.5 Å². The molecule has 0 aliphatic heterocycles. The van der Waals surface area contributed by atoms with Crippen LogP contribution in [0.1, 0.15) is 21.6 Å². The van der Waals surface area contributed by atoms with Gasteiger partial charge in [0.05, 0.1) is 13.7 Å². The molecule has 0 spiro atoms. The largest absolute Gasteiger partial charge is 0.497 e. The lowest BCUT2D eigenvalue weighted by atomic mass is 10.2. The van der Waals surface area contributed by atoms with Crippen molar-refractivity contribution < 1.29 is 14.3 Å². The van der Waals surface area contributed by atoms with Gasteiger partial charge < -0.3 is 20.5 Å². The smallest absolute Gasteiger partial charge is 0.280 e. The van der Waals surface area contributed by atoms with Crippen molar-refractivity contribution in [2.45, 2.75) is 13.2 Å². The summed E-state index contributed by atoms with van der Waals surface area (Å²) in [5.74, 6) is 1.23. The molecule has 0 fully saturated rings. The summed E-state index contributed by atoms with van der Waals surface area (Å²) in [4.78, 5) is 12.6. The van der Waals surface area contributed by atoms with Gasteiger partial charge >= 0.3 is 0 Å². The quantitative estimate of drug-likeness (QED) is 0.442. The number of amides is 1. The van der Waals surface area contributed by atoms with Gasteiger partial charge in [-0.2, -0.15) is 0 Å². The van der Waals surface area contributed by atoms with Crippen molar-refractivity contribution in [2.75, 3.05) is 18.2 Å². The molecule has 1 heterocycles. The maximum atomic E-state index is 12.6. The van der Waals surface area contributed by atoms with Crippen molar-refractivity contribution >= 4 is 17.4 Å². The molecule has 8 nitrogen and oxygen atoms in total. The topological polar surface area (TPSA) is 104 Å². The molecule has 0 radical (unpaired) electrons. The predicted octanol–water partition coefficient (Wildman–Crippen LogP) is 3.75. The summed E-state index contributed by atoms with van der Waals surface area (Å²) < 4.78 is 12.4. The van der Waals surface area contributed by atoms with Crippen LogP contribution in [0.2, 0.25) is 0 Å². The highest BCUT2D eigenvalue weighted by molar-refractivity contribution is 6.05. The molecule has 0 saturated carbocycles. The third kappa shape index (κ3) is 5.04. The number of hydrogen-bond donors (Lipinski definition) is 2. The van der Waals surface area contributed by atoms with Crippen molar-refractivity contribution in [2.24, 2.45) is 0 Å². The fourth-order valence-corrected chi connectivity index (χ4v) is 3.07. The minimum atomic E-state index is -0.429. The number of methoxy groups -OCH3 is 1. The Hall–Kier alpha value is -4.33. The Balaban J connectivity index is 1.36. The molecule has 0 unspecified atom stereocenters. The Morgan fingerprint density at radius 3 is 2.31 bits per heavy atom. The number of benzene rings is 3. The second-order valence-electron chi connectivity index (χ2n) is 7.08. The SMILES string of the molecule is COc1ccc(Cn2nnc(C(=O)Nc3ccc(OCc4ccccc4)cc3)c2N)cc1. The van der Waals surface area contributed by atoms with E-state index in [1.165, 1.54) is 4.68 Å². The molecule has 32 heavy (non-hydrogen) atoms. The van der Waals surface area contributed by atoms with Crippen LogP contribution in [0.4, 0.5) is 11.5 Å². The van der Waals surface area contributed by atoms with E-state index in [0.29, 0.717) is 24.6 Å². The molecule has 1 amide bonds. The number of nitrogen functional groups attached to an aromatic ring is 1. The van der Waals surface area contributed by atoms with Crippen LogP contribution in [0.15, 0.2) is 78.9 Å². The number of nitrogens with one attached hydrogen (secondary N) is 1. The molecule has 8 heteroatoms. The van der Waals surface area contributed by atoms with Crippen molar-refractivity contribution in [3.05, 3.63) is 95.7 Å². The summed E-state index contributed by atoms with van der Waals surface area (Å²) in [6, 6.07) is 24.5. The summed E-state index contributed by atoms with van der Waals surface area (Å²) in [6.45, 7) is 0.865. The highest BCUT2D eigenvalue weighted by Crippen LogP contribution is 2.19. The molecule has 4 rings (SSSR count). The van der Waals surface area contributed by atoms with Crippen LogP contribution in [-0.2, 0) is 13.2 Å². The van der Waals surface area contributed by atoms with E-state index < -0.39 is 5.91 Å². The standard InChI is InChI=1S/C24H23N5O3/c1-31-20-11-7-17(8-12-20)15-29-23(25)22(27-28-29)24(30)26-19-9-13-21(14-10-19)32-16-18-5-3-2-4-6-18/h2-14H,15-16,25H2,1H3,(H,26,30). The highest BCUT2D eigenvalue weighted by atomic mass is 16.5. The van der Waals surface area contributed by atoms with Gasteiger partial charge in [0.2, 0.25) is 0 Å². The molecule has 3 aromatic carbocycles. The number of nitrogens with two attached hydrogens (primary N) is 1. The molecule has 3 N–H and O–H groups in total. The Morgan fingerprint density at radius 2 is 1.62 bits per heavy atom. The zero-order valence-electron chi connectivity index (χ0n) is 17.6. The highest BCUT2D eigenvalue weighted by Gasteiger charge is 2.18. The van der Waals surface area contributed by atoms with Gasteiger partial charge in [-0.05, 0) is 47.5 Å². The van der Waals surface area contributed by atoms with Gasteiger partial charge in [0.1, 0.15) is 18.1 Å². The molecule has 4 aromatic rings. The third-order valence-electron chi connectivity index (χ3n) is 4.84. The van der Waals surface area contributed by atoms with E-state index in [1.807, 2.05) is 54.6 Å². The van der Waals surface area contributed by atoms with E-state index in [9.17, 15) is 4.79 Å². The normalized spacial score (nSPS) is 10.5. The number of nitrogens with zero attached hydrogens (tertiary/aromatic N) is 3. The number of aromatic nitrogens is 3. The molecule has 1 aromatic heterocycles. The van der Waals surface area contributed by atoms with Gasteiger partial charge in [0.15, 0.2) is 11.5 Å². The van der Waals surface area contributed by atoms with Crippen molar-refractivity contribution in [1.82, 2.24) is 15.0 Å². The Morgan fingerprint density at radius 1 is 0.938 bits per heavy atom. The van der Waals surface area contributed by atoms with Gasteiger partial charge in [-0.15, -0.1) is 5.10 Å². The molecular formula is C24H23N5O3. The fraction of sp³-hybridized carbons (Fsp3) is 0.125. The van der Waals surface area contributed by atoms with Crippen molar-refractivity contribution in [3.63, 3.8) is 0 Å². The first-order valence-electron chi connectivity index (χ1n) is 10.0. The van der Waals surface area contributed by atoms with Crippen molar-refractivity contribution in [3.8, 4) is 11.5 Å². The summed E-state index contributed by atoms with van der Waals surface area (Å²) in [5.41, 5.74) is 8.83. The number of carbonyl (C=O) groups is 1. The number of hydrogen-bond acceptors (Lipinski definition) is 6. The summed E-state index contributed by atoms with van der Waals surface area (Å²) in [7, 11) is 1.61. The number of rotatable bonds is 8. The predicted molar refractivity (Wildman–Crippen MR) is 122 cm³/mol. The lowest BCUT2D eigenvalue weighted by Crippen LogP contribution is -2.15. The maximum Gasteiger partial charge on any atom is 0.280 e. The van der Waals surface area contributed by atoms with E-state index in [4.69, 9.17) is 15.2 Å². The van der Waals surface area contributed by atoms with E-state index in [2.05, 4.69) is 15.6 Å². The third-order valence-corrected chi connectivity index (χ3v) is 4.84. The Kier molecular flexibility index (Phi) is 6.31. The molecular weight excluding hydrogens is 406 g/mol. The number of carbonyl (C=O) groups excluding carboxylic acids is 1. The van der Waals surface area contributed by atoms with E-state index in [-0.39, 0.29) is 11.5 Å². The van der Waals surface area contributed by atoms with Gasteiger partial charge in [0.25, 0.3) is 5.91 Å².